The second-order valence-corrected chi connectivity index (χ2v) is 9.35. The number of piperidine rings is 3. The Kier molecular flexibility index (Phi) is 4.42. The fourth-order valence-corrected chi connectivity index (χ4v) is 6.49. The van der Waals surface area contributed by atoms with Crippen molar-refractivity contribution in [2.45, 2.75) is 50.6 Å². The first kappa shape index (κ1) is 18.2. The summed E-state index contributed by atoms with van der Waals surface area (Å²) < 4.78 is 6.28. The Morgan fingerprint density at radius 3 is 2.87 bits per heavy atom. The van der Waals surface area contributed by atoms with Gasteiger partial charge in [-0.05, 0) is 62.6 Å². The minimum absolute atomic E-state index is 0.349. The first-order valence-electron chi connectivity index (χ1n) is 11.5. The van der Waals surface area contributed by atoms with E-state index < -0.39 is 0 Å². The Balaban J connectivity index is 1.38. The van der Waals surface area contributed by atoms with E-state index in [9.17, 15) is 5.26 Å². The van der Waals surface area contributed by atoms with Gasteiger partial charge in [0, 0.05) is 24.7 Å². The standard InChI is InChI=1S/C25H28N4O/c26-15-21-25(30-24(27-21)17-7-2-1-3-8-17)29-12-6-9-18-13-19-14-20(23(18)29)16-28-11-5-4-10-22(19)28/h1-3,7-8,13,19-20,22-23H,4-6,9-12,14,16H2/t19-,20-,22-,23-/m1/s1. The maximum Gasteiger partial charge on any atom is 0.235 e. The van der Waals surface area contributed by atoms with E-state index in [0.29, 0.717) is 35.3 Å². The van der Waals surface area contributed by atoms with Gasteiger partial charge in [0.2, 0.25) is 17.5 Å². The highest BCUT2D eigenvalue weighted by Gasteiger charge is 2.47. The molecule has 5 nitrogen and oxygen atoms in total. The molecule has 0 saturated carbocycles. The summed E-state index contributed by atoms with van der Waals surface area (Å²) in [5.74, 6) is 2.54. The van der Waals surface area contributed by atoms with E-state index in [1.807, 2.05) is 30.3 Å². The van der Waals surface area contributed by atoms with Gasteiger partial charge in [-0.3, -0.25) is 4.90 Å². The van der Waals surface area contributed by atoms with Gasteiger partial charge in [0.05, 0.1) is 6.04 Å². The van der Waals surface area contributed by atoms with Crippen LogP contribution < -0.4 is 4.90 Å². The van der Waals surface area contributed by atoms with Crippen LogP contribution in [0.5, 0.6) is 0 Å². The number of anilines is 1. The number of hydrogen-bond donors (Lipinski definition) is 0. The Hall–Kier alpha value is -2.58. The Bertz CT molecular complexity index is 1000. The van der Waals surface area contributed by atoms with Gasteiger partial charge in [-0.25, -0.2) is 0 Å². The van der Waals surface area contributed by atoms with Crippen LogP contribution in [-0.4, -0.2) is 41.6 Å². The van der Waals surface area contributed by atoms with Gasteiger partial charge < -0.3 is 9.32 Å². The lowest BCUT2D eigenvalue weighted by Gasteiger charge is -2.54. The molecule has 4 aliphatic rings. The number of nitriles is 1. The maximum absolute atomic E-state index is 9.81. The van der Waals surface area contributed by atoms with Gasteiger partial charge >= 0.3 is 0 Å². The summed E-state index contributed by atoms with van der Waals surface area (Å²) in [6.45, 7) is 3.36. The maximum atomic E-state index is 9.81. The normalized spacial score (nSPS) is 30.8. The minimum atomic E-state index is 0.349. The van der Waals surface area contributed by atoms with Crippen LogP contribution in [0.15, 0.2) is 46.4 Å². The van der Waals surface area contributed by atoms with Crippen LogP contribution >= 0.6 is 0 Å². The zero-order chi connectivity index (χ0) is 20.1. The minimum Gasteiger partial charge on any atom is -0.419 e. The molecular weight excluding hydrogens is 372 g/mol. The summed E-state index contributed by atoms with van der Waals surface area (Å²) >= 11 is 0. The summed E-state index contributed by atoms with van der Waals surface area (Å²) in [4.78, 5) is 9.68. The molecule has 0 spiro atoms. The number of rotatable bonds is 2. The largest absolute Gasteiger partial charge is 0.419 e. The van der Waals surface area contributed by atoms with Crippen molar-refractivity contribution in [2.75, 3.05) is 24.5 Å². The molecule has 154 valence electrons. The highest BCUT2D eigenvalue weighted by molar-refractivity contribution is 5.60. The van der Waals surface area contributed by atoms with Crippen LogP contribution in [0.1, 0.15) is 44.2 Å². The molecule has 3 fully saturated rings. The number of hydrogen-bond acceptors (Lipinski definition) is 5. The predicted octanol–water partition coefficient (Wildman–Crippen LogP) is 4.61. The second kappa shape index (κ2) is 7.28. The monoisotopic (exact) mass is 400 g/mol. The van der Waals surface area contributed by atoms with Crippen molar-refractivity contribution in [1.29, 1.82) is 5.26 Å². The smallest absolute Gasteiger partial charge is 0.235 e. The van der Waals surface area contributed by atoms with Crippen molar-refractivity contribution in [3.05, 3.63) is 47.7 Å². The molecule has 3 saturated heterocycles. The molecule has 5 heteroatoms. The summed E-state index contributed by atoms with van der Waals surface area (Å²) in [7, 11) is 0. The first-order chi connectivity index (χ1) is 14.8. The molecule has 0 unspecified atom stereocenters. The summed E-state index contributed by atoms with van der Waals surface area (Å²) in [5, 5.41) is 9.81. The van der Waals surface area contributed by atoms with E-state index in [4.69, 9.17) is 4.42 Å². The van der Waals surface area contributed by atoms with E-state index in [1.165, 1.54) is 45.2 Å². The Labute approximate surface area is 178 Å². The van der Waals surface area contributed by atoms with Crippen LogP contribution in [0.4, 0.5) is 5.88 Å². The third kappa shape index (κ3) is 2.89. The molecule has 0 amide bonds. The lowest BCUT2D eigenvalue weighted by atomic mass is 9.68. The summed E-state index contributed by atoms with van der Waals surface area (Å²) in [6, 6.07) is 13.3. The van der Waals surface area contributed by atoms with Crippen molar-refractivity contribution < 1.29 is 4.42 Å². The summed E-state index contributed by atoms with van der Waals surface area (Å²) in [5.41, 5.74) is 2.92. The number of fused-ring (bicyclic) bond motifs is 6. The molecule has 0 N–H and O–H groups in total. The highest BCUT2D eigenvalue weighted by Crippen LogP contribution is 2.46. The van der Waals surface area contributed by atoms with Crippen molar-refractivity contribution in [1.82, 2.24) is 9.88 Å². The Morgan fingerprint density at radius 2 is 2.00 bits per heavy atom. The van der Waals surface area contributed by atoms with Gasteiger partial charge in [-0.1, -0.05) is 36.3 Å². The van der Waals surface area contributed by atoms with Crippen LogP contribution in [0, 0.1) is 23.2 Å². The van der Waals surface area contributed by atoms with Crippen LogP contribution in [0.25, 0.3) is 11.5 Å². The molecule has 2 aromatic rings. The molecule has 1 aliphatic carbocycles. The second-order valence-electron chi connectivity index (χ2n) is 9.35. The number of nitrogens with zero attached hydrogens (tertiary/aromatic N) is 4. The van der Waals surface area contributed by atoms with E-state index in [-0.39, 0.29) is 0 Å². The third-order valence-corrected chi connectivity index (χ3v) is 7.65. The lowest BCUT2D eigenvalue weighted by Crippen LogP contribution is -2.59. The zero-order valence-electron chi connectivity index (χ0n) is 17.3. The molecule has 0 radical (unpaired) electrons. The van der Waals surface area contributed by atoms with Crippen molar-refractivity contribution in [3.63, 3.8) is 0 Å². The summed E-state index contributed by atoms with van der Waals surface area (Å²) in [6.07, 6.45) is 10.2. The average Bonchev–Trinajstić information content (AvgIpc) is 3.24. The van der Waals surface area contributed by atoms with E-state index in [0.717, 1.165) is 24.6 Å². The lowest BCUT2D eigenvalue weighted by molar-refractivity contribution is 0.0306. The number of benzene rings is 1. The molecule has 1 aromatic carbocycles. The van der Waals surface area contributed by atoms with Gasteiger partial charge in [-0.15, -0.1) is 0 Å². The van der Waals surface area contributed by atoms with E-state index in [2.05, 4.69) is 26.9 Å². The molecule has 1 aromatic heterocycles. The first-order valence-corrected chi connectivity index (χ1v) is 11.5. The number of oxazole rings is 1. The predicted molar refractivity (Wildman–Crippen MR) is 116 cm³/mol. The molecule has 4 atom stereocenters. The fourth-order valence-electron chi connectivity index (χ4n) is 6.49. The van der Waals surface area contributed by atoms with Gasteiger partial charge in [0.15, 0.2) is 0 Å². The molecule has 6 rings (SSSR count). The van der Waals surface area contributed by atoms with Crippen LogP contribution in [0.2, 0.25) is 0 Å². The fraction of sp³-hybridized carbons (Fsp3) is 0.520. The van der Waals surface area contributed by atoms with E-state index >= 15 is 0 Å². The SMILES string of the molecule is N#Cc1nc(-c2ccccc2)oc1N1CCCC2=C[C@@H]3C[C@H](CN4CCCC[C@H]34)[C@@H]21. The van der Waals surface area contributed by atoms with Crippen molar-refractivity contribution in [2.24, 2.45) is 11.8 Å². The highest BCUT2D eigenvalue weighted by atomic mass is 16.4. The van der Waals surface area contributed by atoms with Gasteiger partial charge in [-0.2, -0.15) is 10.2 Å². The number of aromatic nitrogens is 1. The molecular formula is C25H28N4O. The van der Waals surface area contributed by atoms with Crippen LogP contribution in [-0.2, 0) is 0 Å². The Morgan fingerprint density at radius 1 is 1.10 bits per heavy atom. The van der Waals surface area contributed by atoms with E-state index in [1.54, 1.807) is 5.57 Å². The van der Waals surface area contributed by atoms with Gasteiger partial charge in [0.25, 0.3) is 0 Å². The van der Waals surface area contributed by atoms with Crippen LogP contribution in [0.3, 0.4) is 0 Å². The molecule has 4 heterocycles. The quantitative estimate of drug-likeness (QED) is 0.689. The van der Waals surface area contributed by atoms with Crippen molar-refractivity contribution >= 4 is 5.88 Å². The molecule has 2 bridgehead atoms. The third-order valence-electron chi connectivity index (χ3n) is 7.65. The zero-order valence-corrected chi connectivity index (χ0v) is 17.3. The van der Waals surface area contributed by atoms with Gasteiger partial charge in [0.1, 0.15) is 6.07 Å². The molecule has 30 heavy (non-hydrogen) atoms. The molecule has 3 aliphatic heterocycles. The average molecular weight is 401 g/mol. The van der Waals surface area contributed by atoms with Crippen molar-refractivity contribution in [3.8, 4) is 17.5 Å². The topological polar surface area (TPSA) is 56.3 Å².